The standard InChI is InChI=1S/C12H16BrF3N2/c1-2-6-18(8-12(14,15)16)11-5-3-4-10(13)9(11)7-17/h3-5H,2,6-8,17H2,1H3. The van der Waals surface area contributed by atoms with Crippen LogP contribution in [0.2, 0.25) is 0 Å². The molecule has 6 heteroatoms. The maximum atomic E-state index is 12.6. The Bertz CT molecular complexity index is 393. The summed E-state index contributed by atoms with van der Waals surface area (Å²) in [5.74, 6) is 0. The fraction of sp³-hybridized carbons (Fsp3) is 0.500. The minimum Gasteiger partial charge on any atom is -0.362 e. The van der Waals surface area contributed by atoms with Crippen molar-refractivity contribution in [2.75, 3.05) is 18.0 Å². The molecule has 2 nitrogen and oxygen atoms in total. The van der Waals surface area contributed by atoms with Gasteiger partial charge in [-0.1, -0.05) is 28.9 Å². The van der Waals surface area contributed by atoms with Crippen molar-refractivity contribution >= 4 is 21.6 Å². The second-order valence-electron chi connectivity index (χ2n) is 3.98. The fourth-order valence-electron chi connectivity index (χ4n) is 1.82. The van der Waals surface area contributed by atoms with Crippen molar-refractivity contribution in [3.63, 3.8) is 0 Å². The number of anilines is 1. The third-order valence-corrected chi connectivity index (χ3v) is 3.25. The SMILES string of the molecule is CCCN(CC(F)(F)F)c1cccc(Br)c1CN. The van der Waals surface area contributed by atoms with Crippen LogP contribution in [0.1, 0.15) is 18.9 Å². The summed E-state index contributed by atoms with van der Waals surface area (Å²) < 4.78 is 38.4. The van der Waals surface area contributed by atoms with Crippen LogP contribution < -0.4 is 10.6 Å². The summed E-state index contributed by atoms with van der Waals surface area (Å²) in [5.41, 5.74) is 6.86. The van der Waals surface area contributed by atoms with Gasteiger partial charge in [0.1, 0.15) is 6.54 Å². The van der Waals surface area contributed by atoms with E-state index in [1.54, 1.807) is 18.2 Å². The van der Waals surface area contributed by atoms with Gasteiger partial charge in [0.2, 0.25) is 0 Å². The van der Waals surface area contributed by atoms with Crippen molar-refractivity contribution in [2.45, 2.75) is 26.1 Å². The summed E-state index contributed by atoms with van der Waals surface area (Å²) in [7, 11) is 0. The number of hydrogen-bond donors (Lipinski definition) is 1. The lowest BCUT2D eigenvalue weighted by molar-refractivity contribution is -0.119. The first-order valence-corrected chi connectivity index (χ1v) is 6.47. The smallest absolute Gasteiger partial charge is 0.362 e. The molecule has 2 N–H and O–H groups in total. The molecule has 0 aliphatic heterocycles. The van der Waals surface area contributed by atoms with Gasteiger partial charge in [-0.15, -0.1) is 0 Å². The van der Waals surface area contributed by atoms with Crippen molar-refractivity contribution in [1.82, 2.24) is 0 Å². The molecule has 0 bridgehead atoms. The highest BCUT2D eigenvalue weighted by Crippen LogP contribution is 2.30. The normalized spacial score (nSPS) is 11.7. The molecule has 0 spiro atoms. The summed E-state index contributed by atoms with van der Waals surface area (Å²) in [5, 5.41) is 0. The maximum Gasteiger partial charge on any atom is 0.405 e. The number of rotatable bonds is 5. The molecular formula is C12H16BrF3N2. The maximum absolute atomic E-state index is 12.6. The number of alkyl halides is 3. The quantitative estimate of drug-likeness (QED) is 0.895. The van der Waals surface area contributed by atoms with Crippen LogP contribution in [0, 0.1) is 0 Å². The van der Waals surface area contributed by atoms with E-state index in [1.807, 2.05) is 6.92 Å². The number of nitrogens with zero attached hydrogens (tertiary/aromatic N) is 1. The Morgan fingerprint density at radius 1 is 1.33 bits per heavy atom. The van der Waals surface area contributed by atoms with Gasteiger partial charge in [0, 0.05) is 28.8 Å². The molecule has 1 aromatic carbocycles. The van der Waals surface area contributed by atoms with Gasteiger partial charge in [-0.05, 0) is 18.6 Å². The monoisotopic (exact) mass is 324 g/mol. The molecule has 0 unspecified atom stereocenters. The van der Waals surface area contributed by atoms with E-state index in [9.17, 15) is 13.2 Å². The van der Waals surface area contributed by atoms with Crippen LogP contribution in [0.5, 0.6) is 0 Å². The summed E-state index contributed by atoms with van der Waals surface area (Å²) >= 11 is 3.32. The van der Waals surface area contributed by atoms with E-state index in [4.69, 9.17) is 5.73 Å². The van der Waals surface area contributed by atoms with Gasteiger partial charge in [-0.2, -0.15) is 13.2 Å². The molecule has 0 radical (unpaired) electrons. The second kappa shape index (κ2) is 6.43. The average molecular weight is 325 g/mol. The molecule has 0 atom stereocenters. The lowest BCUT2D eigenvalue weighted by atomic mass is 10.1. The predicted molar refractivity (Wildman–Crippen MR) is 70.6 cm³/mol. The van der Waals surface area contributed by atoms with Crippen LogP contribution in [0.4, 0.5) is 18.9 Å². The largest absolute Gasteiger partial charge is 0.405 e. The van der Waals surface area contributed by atoms with Crippen LogP contribution >= 0.6 is 15.9 Å². The van der Waals surface area contributed by atoms with Crippen LogP contribution in [-0.4, -0.2) is 19.3 Å². The highest BCUT2D eigenvalue weighted by atomic mass is 79.9. The zero-order chi connectivity index (χ0) is 13.8. The topological polar surface area (TPSA) is 29.3 Å². The van der Waals surface area contributed by atoms with E-state index in [1.165, 1.54) is 4.90 Å². The Balaban J connectivity index is 3.09. The van der Waals surface area contributed by atoms with E-state index in [-0.39, 0.29) is 6.54 Å². The number of hydrogen-bond acceptors (Lipinski definition) is 2. The van der Waals surface area contributed by atoms with Crippen molar-refractivity contribution in [2.24, 2.45) is 5.73 Å². The highest BCUT2D eigenvalue weighted by molar-refractivity contribution is 9.10. The molecule has 0 aliphatic rings. The Labute approximate surface area is 113 Å². The summed E-state index contributed by atoms with van der Waals surface area (Å²) in [4.78, 5) is 1.33. The first-order chi connectivity index (χ1) is 8.39. The Hall–Kier alpha value is -0.750. The van der Waals surface area contributed by atoms with Crippen molar-refractivity contribution in [1.29, 1.82) is 0 Å². The van der Waals surface area contributed by atoms with Crippen molar-refractivity contribution in [3.05, 3.63) is 28.2 Å². The van der Waals surface area contributed by atoms with Crippen LogP contribution in [0.15, 0.2) is 22.7 Å². The number of nitrogens with two attached hydrogens (primary N) is 1. The minimum absolute atomic E-state index is 0.203. The number of benzene rings is 1. The average Bonchev–Trinajstić information content (AvgIpc) is 2.26. The van der Waals surface area contributed by atoms with Gasteiger partial charge in [-0.3, -0.25) is 0 Å². The predicted octanol–water partition coefficient (Wildman–Crippen LogP) is 3.69. The molecule has 0 aliphatic carbocycles. The molecule has 0 fully saturated rings. The molecule has 102 valence electrons. The van der Waals surface area contributed by atoms with E-state index in [2.05, 4.69) is 15.9 Å². The second-order valence-corrected chi connectivity index (χ2v) is 4.83. The van der Waals surface area contributed by atoms with Gasteiger partial charge in [0.15, 0.2) is 0 Å². The van der Waals surface area contributed by atoms with Gasteiger partial charge in [-0.25, -0.2) is 0 Å². The summed E-state index contributed by atoms with van der Waals surface area (Å²) in [6.07, 6.45) is -3.57. The van der Waals surface area contributed by atoms with Crippen molar-refractivity contribution in [3.8, 4) is 0 Å². The molecule has 18 heavy (non-hydrogen) atoms. The Kier molecular flexibility index (Phi) is 5.47. The highest BCUT2D eigenvalue weighted by Gasteiger charge is 2.31. The number of halogens is 4. The van der Waals surface area contributed by atoms with Gasteiger partial charge >= 0.3 is 6.18 Å². The first-order valence-electron chi connectivity index (χ1n) is 5.68. The van der Waals surface area contributed by atoms with Crippen molar-refractivity contribution < 1.29 is 13.2 Å². The molecule has 0 amide bonds. The van der Waals surface area contributed by atoms with E-state index in [0.29, 0.717) is 24.2 Å². The first kappa shape index (κ1) is 15.3. The van der Waals surface area contributed by atoms with E-state index < -0.39 is 12.7 Å². The van der Waals surface area contributed by atoms with E-state index >= 15 is 0 Å². The Morgan fingerprint density at radius 3 is 2.50 bits per heavy atom. The fourth-order valence-corrected chi connectivity index (χ4v) is 2.33. The molecular weight excluding hydrogens is 309 g/mol. The molecule has 0 heterocycles. The van der Waals surface area contributed by atoms with Gasteiger partial charge < -0.3 is 10.6 Å². The van der Waals surface area contributed by atoms with Crippen LogP contribution in [0.3, 0.4) is 0 Å². The molecule has 1 aromatic rings. The van der Waals surface area contributed by atoms with Gasteiger partial charge in [0.25, 0.3) is 0 Å². The lowest BCUT2D eigenvalue weighted by Gasteiger charge is -2.28. The Morgan fingerprint density at radius 2 is 2.00 bits per heavy atom. The summed E-state index contributed by atoms with van der Waals surface area (Å²) in [6, 6.07) is 5.18. The zero-order valence-electron chi connectivity index (χ0n) is 10.1. The molecule has 0 saturated carbocycles. The molecule has 1 rings (SSSR count). The van der Waals surface area contributed by atoms with Crippen LogP contribution in [0.25, 0.3) is 0 Å². The lowest BCUT2D eigenvalue weighted by Crippen LogP contribution is -2.35. The third-order valence-electron chi connectivity index (χ3n) is 2.50. The molecule has 0 saturated heterocycles. The summed E-state index contributed by atoms with van der Waals surface area (Å²) in [6.45, 7) is 1.45. The minimum atomic E-state index is -4.22. The zero-order valence-corrected chi connectivity index (χ0v) is 11.7. The molecule has 0 aromatic heterocycles. The van der Waals surface area contributed by atoms with E-state index in [0.717, 1.165) is 4.47 Å². The van der Waals surface area contributed by atoms with Gasteiger partial charge in [0.05, 0.1) is 0 Å². The third kappa shape index (κ3) is 4.17. The van der Waals surface area contributed by atoms with Crippen LogP contribution in [-0.2, 0) is 6.54 Å².